The van der Waals surface area contributed by atoms with Crippen LogP contribution in [0.3, 0.4) is 0 Å². The number of β-amino-alcohol motifs (C(OH)–C–C–N with tert-alkyl or cyclic N) is 1. The number of hydrogen-bond donors (Lipinski definition) is 3. The number of aliphatic imine (C=N–C) groups is 1. The Morgan fingerprint density at radius 2 is 1.88 bits per heavy atom. The average molecular weight is 452 g/mol. The molecule has 2 aliphatic rings. The molecule has 0 bridgehead atoms. The van der Waals surface area contributed by atoms with Crippen LogP contribution in [-0.4, -0.2) is 71.3 Å². The van der Waals surface area contributed by atoms with Crippen molar-refractivity contribution in [2.24, 2.45) is 4.99 Å². The Morgan fingerprint density at radius 3 is 2.61 bits per heavy atom. The van der Waals surface area contributed by atoms with Crippen LogP contribution in [0, 0.1) is 13.8 Å². The molecule has 0 saturated carbocycles. The van der Waals surface area contributed by atoms with Crippen LogP contribution in [0.5, 0.6) is 5.75 Å². The van der Waals surface area contributed by atoms with E-state index in [2.05, 4.69) is 15.6 Å². The zero-order valence-corrected chi connectivity index (χ0v) is 19.0. The van der Waals surface area contributed by atoms with Gasteiger partial charge in [-0.25, -0.2) is 9.79 Å². The van der Waals surface area contributed by atoms with Gasteiger partial charge < -0.3 is 25.0 Å². The van der Waals surface area contributed by atoms with Crippen molar-refractivity contribution in [2.75, 3.05) is 20.2 Å². The number of ether oxygens (including phenoxy) is 1. The van der Waals surface area contributed by atoms with Gasteiger partial charge in [-0.15, -0.1) is 0 Å². The van der Waals surface area contributed by atoms with Gasteiger partial charge in [0.05, 0.1) is 13.1 Å². The molecular weight excluding hydrogens is 422 g/mol. The lowest BCUT2D eigenvalue weighted by atomic mass is 10.1. The summed E-state index contributed by atoms with van der Waals surface area (Å²) in [5.74, 6) is 0.701. The summed E-state index contributed by atoms with van der Waals surface area (Å²) in [5.41, 5.74) is 3.28. The van der Waals surface area contributed by atoms with Gasteiger partial charge in [-0.05, 0) is 42.7 Å². The van der Waals surface area contributed by atoms with Crippen LogP contribution in [0.2, 0.25) is 0 Å². The van der Waals surface area contributed by atoms with E-state index < -0.39 is 30.2 Å². The number of amides is 3. The number of imide groups is 1. The molecule has 2 aromatic rings. The van der Waals surface area contributed by atoms with Gasteiger partial charge >= 0.3 is 6.03 Å². The second-order valence-electron chi connectivity index (χ2n) is 8.43. The molecule has 3 atom stereocenters. The van der Waals surface area contributed by atoms with Crippen LogP contribution in [0.15, 0.2) is 53.5 Å². The molecule has 2 aliphatic heterocycles. The number of benzene rings is 2. The molecule has 2 heterocycles. The van der Waals surface area contributed by atoms with Crippen molar-refractivity contribution in [2.45, 2.75) is 38.7 Å². The van der Waals surface area contributed by atoms with Gasteiger partial charge in [0.1, 0.15) is 24.6 Å². The van der Waals surface area contributed by atoms with E-state index in [-0.39, 0.29) is 13.2 Å². The fourth-order valence-electron chi connectivity index (χ4n) is 3.95. The first-order valence-electron chi connectivity index (χ1n) is 10.9. The van der Waals surface area contributed by atoms with E-state index in [4.69, 9.17) is 4.74 Å². The largest absolute Gasteiger partial charge is 0.491 e. The smallest absolute Gasteiger partial charge is 0.325 e. The monoisotopic (exact) mass is 451 g/mol. The first-order valence-corrected chi connectivity index (χ1v) is 10.9. The van der Waals surface area contributed by atoms with E-state index >= 15 is 0 Å². The molecule has 174 valence electrons. The zero-order chi connectivity index (χ0) is 23.5. The SMILES string of the molecule is Cc1ccc(OCC(O)CN2C(=NCc3ccccc3)NC3C2C(=O)NC(=O)N3C)cc1C. The van der Waals surface area contributed by atoms with Gasteiger partial charge in [0, 0.05) is 7.05 Å². The first kappa shape index (κ1) is 22.6. The summed E-state index contributed by atoms with van der Waals surface area (Å²) in [6.07, 6.45) is -1.46. The average Bonchev–Trinajstić information content (AvgIpc) is 3.16. The summed E-state index contributed by atoms with van der Waals surface area (Å²) in [5, 5.41) is 16.3. The normalized spacial score (nSPS) is 22.1. The second-order valence-corrected chi connectivity index (χ2v) is 8.43. The molecule has 9 heteroatoms. The van der Waals surface area contributed by atoms with E-state index in [1.165, 1.54) is 10.5 Å². The van der Waals surface area contributed by atoms with Crippen molar-refractivity contribution < 1.29 is 19.4 Å². The summed E-state index contributed by atoms with van der Waals surface area (Å²) in [6, 6.07) is 14.3. The number of urea groups is 1. The van der Waals surface area contributed by atoms with Gasteiger partial charge in [-0.2, -0.15) is 0 Å². The fraction of sp³-hybridized carbons (Fsp3) is 0.375. The van der Waals surface area contributed by atoms with Crippen molar-refractivity contribution >= 4 is 17.9 Å². The number of nitrogens with one attached hydrogen (secondary N) is 2. The van der Waals surface area contributed by atoms with Crippen LogP contribution in [-0.2, 0) is 11.3 Å². The zero-order valence-electron chi connectivity index (χ0n) is 19.0. The minimum absolute atomic E-state index is 0.0543. The minimum Gasteiger partial charge on any atom is -0.491 e. The molecule has 33 heavy (non-hydrogen) atoms. The number of guanidine groups is 1. The number of carbonyl (C=O) groups is 2. The molecule has 2 aromatic carbocycles. The third kappa shape index (κ3) is 4.93. The maximum absolute atomic E-state index is 12.7. The molecule has 0 spiro atoms. The predicted molar refractivity (Wildman–Crippen MR) is 124 cm³/mol. The highest BCUT2D eigenvalue weighted by Gasteiger charge is 2.50. The van der Waals surface area contributed by atoms with Crippen molar-refractivity contribution in [3.63, 3.8) is 0 Å². The van der Waals surface area contributed by atoms with Crippen LogP contribution < -0.4 is 15.4 Å². The molecule has 0 aliphatic carbocycles. The number of fused-ring (bicyclic) bond motifs is 1. The lowest BCUT2D eigenvalue weighted by molar-refractivity contribution is -0.127. The van der Waals surface area contributed by atoms with E-state index in [9.17, 15) is 14.7 Å². The highest BCUT2D eigenvalue weighted by molar-refractivity contribution is 6.04. The first-order chi connectivity index (χ1) is 15.8. The topological polar surface area (TPSA) is 106 Å². The Hall–Kier alpha value is -3.59. The van der Waals surface area contributed by atoms with Crippen LogP contribution in [0.4, 0.5) is 4.79 Å². The Labute approximate surface area is 193 Å². The predicted octanol–water partition coefficient (Wildman–Crippen LogP) is 1.38. The second kappa shape index (κ2) is 9.50. The number of aryl methyl sites for hydroxylation is 2. The lowest BCUT2D eigenvalue weighted by Crippen LogP contribution is -2.65. The molecular formula is C24H29N5O4. The summed E-state index contributed by atoms with van der Waals surface area (Å²) in [4.78, 5) is 32.6. The van der Waals surface area contributed by atoms with Gasteiger partial charge in [0.15, 0.2) is 12.0 Å². The van der Waals surface area contributed by atoms with E-state index in [0.717, 1.165) is 11.1 Å². The fourth-order valence-corrected chi connectivity index (χ4v) is 3.95. The van der Waals surface area contributed by atoms with Crippen molar-refractivity contribution in [1.82, 2.24) is 20.4 Å². The number of aliphatic hydroxyl groups excluding tert-OH is 1. The third-order valence-electron chi connectivity index (χ3n) is 6.00. The van der Waals surface area contributed by atoms with Crippen LogP contribution >= 0.6 is 0 Å². The number of carbonyl (C=O) groups excluding carboxylic acids is 2. The molecule has 9 nitrogen and oxygen atoms in total. The summed E-state index contributed by atoms with van der Waals surface area (Å²) < 4.78 is 5.78. The molecule has 4 rings (SSSR count). The number of hydrogen-bond acceptors (Lipinski definition) is 5. The number of rotatable bonds is 7. The summed E-state index contributed by atoms with van der Waals surface area (Å²) >= 11 is 0. The number of likely N-dealkylation sites (N-methyl/N-ethyl adjacent to an activating group) is 1. The highest BCUT2D eigenvalue weighted by Crippen LogP contribution is 2.22. The summed E-state index contributed by atoms with van der Waals surface area (Å²) in [7, 11) is 1.62. The Bertz CT molecular complexity index is 1060. The van der Waals surface area contributed by atoms with Crippen molar-refractivity contribution in [3.8, 4) is 5.75 Å². The van der Waals surface area contributed by atoms with Gasteiger partial charge in [0.25, 0.3) is 5.91 Å². The molecule has 2 fully saturated rings. The number of nitrogens with zero attached hydrogens (tertiary/aromatic N) is 3. The Kier molecular flexibility index (Phi) is 6.50. The molecule has 0 radical (unpaired) electrons. The van der Waals surface area contributed by atoms with Gasteiger partial charge in [-0.3, -0.25) is 10.1 Å². The molecule has 2 saturated heterocycles. The highest BCUT2D eigenvalue weighted by atomic mass is 16.5. The molecule has 3 unspecified atom stereocenters. The van der Waals surface area contributed by atoms with Gasteiger partial charge in [-0.1, -0.05) is 36.4 Å². The van der Waals surface area contributed by atoms with Crippen molar-refractivity contribution in [1.29, 1.82) is 0 Å². The third-order valence-corrected chi connectivity index (χ3v) is 6.00. The maximum Gasteiger partial charge on any atom is 0.325 e. The Morgan fingerprint density at radius 1 is 1.12 bits per heavy atom. The van der Waals surface area contributed by atoms with Crippen LogP contribution in [0.1, 0.15) is 16.7 Å². The molecule has 0 aromatic heterocycles. The van der Waals surface area contributed by atoms with Crippen LogP contribution in [0.25, 0.3) is 0 Å². The minimum atomic E-state index is -0.884. The van der Waals surface area contributed by atoms with Crippen molar-refractivity contribution in [3.05, 3.63) is 65.2 Å². The molecule has 3 amide bonds. The van der Waals surface area contributed by atoms with E-state index in [1.54, 1.807) is 11.9 Å². The quantitative estimate of drug-likeness (QED) is 0.587. The van der Waals surface area contributed by atoms with E-state index in [0.29, 0.717) is 18.3 Å². The van der Waals surface area contributed by atoms with E-state index in [1.807, 2.05) is 62.4 Å². The number of aliphatic hydroxyl groups is 1. The van der Waals surface area contributed by atoms with Gasteiger partial charge in [0.2, 0.25) is 0 Å². The Balaban J connectivity index is 1.50. The standard InChI is InChI=1S/C24H29N5O4/c1-15-9-10-19(11-16(15)2)33-14-18(30)13-29-20-21(28(3)24(32)27-22(20)31)26-23(29)25-12-17-7-5-4-6-8-17/h4-11,18,20-21,30H,12-14H2,1-3H3,(H,25,26)(H,27,31,32). The lowest BCUT2D eigenvalue weighted by Gasteiger charge is -2.35. The molecule has 3 N–H and O–H groups in total. The maximum atomic E-state index is 12.7. The summed E-state index contributed by atoms with van der Waals surface area (Å²) in [6.45, 7) is 4.59.